The van der Waals surface area contributed by atoms with E-state index in [9.17, 15) is 94.2 Å². The highest BCUT2D eigenvalue weighted by Gasteiger charge is 2.48. The minimum absolute atomic E-state index is 0.0204. The van der Waals surface area contributed by atoms with Gasteiger partial charge in [-0.2, -0.15) is 0 Å². The van der Waals surface area contributed by atoms with Gasteiger partial charge in [0.05, 0.1) is 97.5 Å². The molecule has 588 valence electrons. The van der Waals surface area contributed by atoms with Gasteiger partial charge in [-0.05, 0) is 32.1 Å². The van der Waals surface area contributed by atoms with Crippen LogP contribution in [0.5, 0.6) is 0 Å². The highest BCUT2D eigenvalue weighted by atomic mass is 16.7. The summed E-state index contributed by atoms with van der Waals surface area (Å²) in [6, 6.07) is -6.36. The lowest BCUT2D eigenvalue weighted by Crippen LogP contribution is -2.64. The topological polar surface area (TPSA) is 556 Å². The van der Waals surface area contributed by atoms with E-state index in [4.69, 9.17) is 47.4 Å². The monoisotopic (exact) mass is 1470 g/mol. The number of methoxy groups -OCH3 is 1. The fourth-order valence-electron chi connectivity index (χ4n) is 11.8. The largest absolute Gasteiger partial charge is 0.394 e. The average Bonchev–Trinajstić information content (AvgIpc) is 1.03. The lowest BCUT2D eigenvalue weighted by Gasteiger charge is -2.42. The molecule has 9 amide bonds. The van der Waals surface area contributed by atoms with E-state index >= 15 is 0 Å². The Labute approximate surface area is 592 Å². The standard InChI is InChI=1S/C64H113N9O29/c1-36(77)68-51-57(88)54(85)44(33-74)100-62(51)97-28-25-94-22-19-65-47(81)17-15-40(60(91)66-20-23-95-26-29-98-63-52(69-37(2)78)58(89)55(86)45(34-75)101-63)72-50(84)18-16-41(61(92)67-21-24-96-27-30-99-64-53(70-38(3)79)59(90)56(87)46(35-76)102-64)71-48(82)13-11-9-7-5-6-8-10-12-14-49(83)73-42-31-39(80)32-43(42)93-4/h39-46,51-59,62-64,74-76,80,85-90H,5-35H2,1-4H3,(H,65,81)(H,66,91)(H,67,92)(H,68,77)(H,69,78)(H,70,79)(H,71,82)(H,72,84)(H,73,83)/t39-,40?,41?,42+,43+,44?,45?,46-,51?,52?,53?,54?,55?,56?,57?,58?,59?,62?,63?,64?/m1/s1. The highest BCUT2D eigenvalue weighted by molar-refractivity contribution is 5.90. The van der Waals surface area contributed by atoms with Crippen LogP contribution in [-0.2, 0) is 90.5 Å². The van der Waals surface area contributed by atoms with Gasteiger partial charge in [-0.1, -0.05) is 38.5 Å². The first-order chi connectivity index (χ1) is 48.8. The van der Waals surface area contributed by atoms with Gasteiger partial charge in [-0.15, -0.1) is 0 Å². The number of aliphatic hydroxyl groups excluding tert-OH is 10. The van der Waals surface area contributed by atoms with Crippen molar-refractivity contribution in [1.29, 1.82) is 0 Å². The van der Waals surface area contributed by atoms with Gasteiger partial charge in [0.15, 0.2) is 18.9 Å². The molecule has 0 bridgehead atoms. The Balaban J connectivity index is 1.33. The number of rotatable bonds is 50. The molecule has 3 saturated heterocycles. The van der Waals surface area contributed by atoms with Crippen LogP contribution in [0.3, 0.4) is 0 Å². The van der Waals surface area contributed by atoms with Crippen molar-refractivity contribution >= 4 is 53.2 Å². The second-order valence-electron chi connectivity index (χ2n) is 25.4. The van der Waals surface area contributed by atoms with Gasteiger partial charge in [0.2, 0.25) is 53.2 Å². The predicted octanol–water partition coefficient (Wildman–Crippen LogP) is -7.65. The van der Waals surface area contributed by atoms with Crippen molar-refractivity contribution in [2.75, 3.05) is 106 Å². The van der Waals surface area contributed by atoms with Gasteiger partial charge in [0.1, 0.15) is 85.1 Å². The van der Waals surface area contributed by atoms with Crippen molar-refractivity contribution in [3.8, 4) is 0 Å². The molecular formula is C64H113N9O29. The molecule has 1 aliphatic carbocycles. The molecule has 4 rings (SSSR count). The zero-order valence-corrected chi connectivity index (χ0v) is 58.7. The first kappa shape index (κ1) is 88.8. The van der Waals surface area contributed by atoms with Gasteiger partial charge in [-0.25, -0.2) is 0 Å². The third kappa shape index (κ3) is 32.4. The molecule has 102 heavy (non-hydrogen) atoms. The van der Waals surface area contributed by atoms with Crippen LogP contribution in [0.4, 0.5) is 0 Å². The molecule has 3 heterocycles. The molecule has 0 aromatic rings. The lowest BCUT2D eigenvalue weighted by molar-refractivity contribution is -0.272. The molecule has 0 aromatic heterocycles. The Morgan fingerprint density at radius 3 is 1.11 bits per heavy atom. The molecular weight excluding hydrogens is 1360 g/mol. The lowest BCUT2D eigenvalue weighted by atomic mass is 9.97. The molecule has 4 fully saturated rings. The van der Waals surface area contributed by atoms with Crippen molar-refractivity contribution < 1.29 is 142 Å². The molecule has 1 saturated carbocycles. The van der Waals surface area contributed by atoms with Crippen LogP contribution in [0.1, 0.15) is 124 Å². The van der Waals surface area contributed by atoms with Crippen LogP contribution < -0.4 is 47.9 Å². The maximum absolute atomic E-state index is 13.8. The smallest absolute Gasteiger partial charge is 0.242 e. The fraction of sp³-hybridized carbons (Fsp3) is 0.859. The number of amides is 9. The van der Waals surface area contributed by atoms with Gasteiger partial charge in [0.25, 0.3) is 0 Å². The SMILES string of the molecule is CO[C@H]1C[C@H](O)C[C@@H]1NC(=O)CCCCCCCCCCC(=O)NC(CCC(=O)NC(CCC(=O)NCCOCCOC1OC(CO)C(O)C(O)C1NC(C)=O)C(=O)NCCOCCOC1OC(CO)C(O)C(O)C1NC(C)=O)C(=O)NCCOCCOC1O[C@H](CO)C(O)C(O)C1NC(C)=O. The molecule has 19 N–H and O–H groups in total. The van der Waals surface area contributed by atoms with E-state index in [0.717, 1.165) is 32.1 Å². The molecule has 38 heteroatoms. The van der Waals surface area contributed by atoms with E-state index in [1.165, 1.54) is 20.8 Å². The summed E-state index contributed by atoms with van der Waals surface area (Å²) >= 11 is 0. The maximum atomic E-state index is 13.8. The van der Waals surface area contributed by atoms with E-state index in [2.05, 4.69) is 47.9 Å². The van der Waals surface area contributed by atoms with Crippen LogP contribution in [0.2, 0.25) is 0 Å². The molecule has 38 nitrogen and oxygen atoms in total. The zero-order valence-electron chi connectivity index (χ0n) is 58.7. The minimum Gasteiger partial charge on any atom is -0.394 e. The average molecular weight is 1470 g/mol. The fourth-order valence-corrected chi connectivity index (χ4v) is 11.8. The summed E-state index contributed by atoms with van der Waals surface area (Å²) < 4.78 is 55.8. The van der Waals surface area contributed by atoms with E-state index in [1.54, 1.807) is 7.11 Å². The van der Waals surface area contributed by atoms with Crippen LogP contribution in [-0.4, -0.2) is 333 Å². The quantitative estimate of drug-likeness (QED) is 0.0252. The third-order valence-electron chi connectivity index (χ3n) is 17.3. The van der Waals surface area contributed by atoms with Crippen LogP contribution in [0, 0.1) is 0 Å². The Bertz CT molecular complexity index is 2500. The Morgan fingerprint density at radius 2 is 0.745 bits per heavy atom. The van der Waals surface area contributed by atoms with E-state index in [1.807, 2.05) is 0 Å². The molecule has 0 aromatic carbocycles. The maximum Gasteiger partial charge on any atom is 0.242 e. The Kier molecular flexibility index (Phi) is 42.9. The molecule has 3 aliphatic heterocycles. The second kappa shape index (κ2) is 49.3. The summed E-state index contributed by atoms with van der Waals surface area (Å²) in [6.45, 7) is 0.452. The van der Waals surface area contributed by atoms with Crippen LogP contribution in [0.25, 0.3) is 0 Å². The summed E-state index contributed by atoms with van der Waals surface area (Å²) in [7, 11) is 1.56. The number of unbranched alkanes of at least 4 members (excludes halogenated alkanes) is 7. The molecule has 20 atom stereocenters. The number of hydrogen-bond acceptors (Lipinski definition) is 29. The number of carbonyl (C=O) groups excluding carboxylic acids is 9. The van der Waals surface area contributed by atoms with Gasteiger partial charge >= 0.3 is 0 Å². The molecule has 4 aliphatic rings. The number of ether oxygens (including phenoxy) is 10. The van der Waals surface area contributed by atoms with E-state index in [0.29, 0.717) is 38.5 Å². The summed E-state index contributed by atoms with van der Waals surface area (Å²) in [6.07, 6.45) is -10.8. The summed E-state index contributed by atoms with van der Waals surface area (Å²) in [5, 5.41) is 125. The summed E-state index contributed by atoms with van der Waals surface area (Å²) in [5.74, 6) is -4.87. The van der Waals surface area contributed by atoms with Crippen molar-refractivity contribution in [3.05, 3.63) is 0 Å². The highest BCUT2D eigenvalue weighted by Crippen LogP contribution is 2.26. The van der Waals surface area contributed by atoms with Gasteiger partial charge < -0.3 is 146 Å². The molecule has 16 unspecified atom stereocenters. The van der Waals surface area contributed by atoms with Crippen molar-refractivity contribution in [2.45, 2.75) is 246 Å². The predicted molar refractivity (Wildman–Crippen MR) is 352 cm³/mol. The van der Waals surface area contributed by atoms with Crippen LogP contribution in [0.15, 0.2) is 0 Å². The summed E-state index contributed by atoms with van der Waals surface area (Å²) in [4.78, 5) is 116. The Morgan fingerprint density at radius 1 is 0.402 bits per heavy atom. The number of carbonyl (C=O) groups is 9. The van der Waals surface area contributed by atoms with E-state index < -0.39 is 184 Å². The minimum atomic E-state index is -1.54. The first-order valence-electron chi connectivity index (χ1n) is 35.0. The number of hydrogen-bond donors (Lipinski definition) is 19. The van der Waals surface area contributed by atoms with E-state index in [-0.39, 0.29) is 123 Å². The van der Waals surface area contributed by atoms with Gasteiger partial charge in [0, 0.05) is 79.6 Å². The first-order valence-corrected chi connectivity index (χ1v) is 35.0. The van der Waals surface area contributed by atoms with Crippen molar-refractivity contribution in [2.24, 2.45) is 0 Å². The summed E-state index contributed by atoms with van der Waals surface area (Å²) in [5.41, 5.74) is 0. The third-order valence-corrected chi connectivity index (χ3v) is 17.3. The number of aliphatic hydroxyl groups is 10. The Hall–Kier alpha value is -5.57. The zero-order chi connectivity index (χ0) is 75.1. The van der Waals surface area contributed by atoms with Crippen molar-refractivity contribution in [3.63, 3.8) is 0 Å². The van der Waals surface area contributed by atoms with Gasteiger partial charge in [-0.3, -0.25) is 43.2 Å². The van der Waals surface area contributed by atoms with Crippen LogP contribution >= 0.6 is 0 Å². The van der Waals surface area contributed by atoms with Crippen molar-refractivity contribution in [1.82, 2.24) is 47.9 Å². The molecule has 0 spiro atoms. The molecule has 0 radical (unpaired) electrons. The normalized spacial score (nSPS) is 28.4. The number of nitrogens with one attached hydrogen (secondary N) is 9. The second-order valence-corrected chi connectivity index (χ2v) is 25.4.